The maximum absolute atomic E-state index is 11.8. The Morgan fingerprint density at radius 1 is 1.47 bits per heavy atom. The van der Waals surface area contributed by atoms with Gasteiger partial charge >= 0.3 is 0 Å². The molecule has 1 aliphatic heterocycles. The van der Waals surface area contributed by atoms with Crippen molar-refractivity contribution < 1.29 is 9.53 Å². The van der Waals surface area contributed by atoms with Gasteiger partial charge in [0.1, 0.15) is 5.78 Å². The molecule has 1 fully saturated rings. The molecule has 1 unspecified atom stereocenters. The number of ether oxygens (including phenoxy) is 1. The number of carbonyl (C=O) groups excluding carboxylic acids is 1. The second kappa shape index (κ2) is 6.96. The minimum Gasteiger partial charge on any atom is -0.385 e. The van der Waals surface area contributed by atoms with E-state index in [9.17, 15) is 4.79 Å². The number of rotatable bonds is 6. The molecule has 88 valence electrons. The Kier molecular flexibility index (Phi) is 5.88. The summed E-state index contributed by atoms with van der Waals surface area (Å²) < 4.78 is 4.99. The maximum Gasteiger partial charge on any atom is 0.136 e. The fraction of sp³-hybridized carbons (Fsp3) is 0.917. The van der Waals surface area contributed by atoms with Crippen LogP contribution in [0.3, 0.4) is 0 Å². The van der Waals surface area contributed by atoms with Crippen molar-refractivity contribution in [3.63, 3.8) is 0 Å². The highest BCUT2D eigenvalue weighted by Crippen LogP contribution is 2.19. The van der Waals surface area contributed by atoms with Crippen molar-refractivity contribution in [2.45, 2.75) is 32.6 Å². The summed E-state index contributed by atoms with van der Waals surface area (Å²) in [5, 5.41) is 3.32. The van der Waals surface area contributed by atoms with E-state index in [0.29, 0.717) is 18.3 Å². The normalized spacial score (nSPS) is 20.1. The molecule has 3 nitrogen and oxygen atoms in total. The predicted octanol–water partition coefficient (Wildman–Crippen LogP) is 1.62. The van der Waals surface area contributed by atoms with E-state index >= 15 is 0 Å². The molecule has 0 aromatic rings. The van der Waals surface area contributed by atoms with Crippen molar-refractivity contribution in [2.75, 3.05) is 26.8 Å². The quantitative estimate of drug-likeness (QED) is 0.728. The number of carbonyl (C=O) groups is 1. The minimum absolute atomic E-state index is 0.167. The lowest BCUT2D eigenvalue weighted by atomic mass is 9.88. The molecule has 3 heteroatoms. The van der Waals surface area contributed by atoms with Crippen molar-refractivity contribution >= 4 is 5.78 Å². The van der Waals surface area contributed by atoms with Crippen LogP contribution in [0, 0.1) is 11.8 Å². The fourth-order valence-electron chi connectivity index (χ4n) is 2.03. The van der Waals surface area contributed by atoms with Gasteiger partial charge in [-0.05, 0) is 38.3 Å². The molecule has 0 aromatic carbocycles. The summed E-state index contributed by atoms with van der Waals surface area (Å²) in [5.41, 5.74) is 0. The van der Waals surface area contributed by atoms with E-state index in [-0.39, 0.29) is 5.92 Å². The molecule has 1 rings (SSSR count). The summed E-state index contributed by atoms with van der Waals surface area (Å²) in [6.07, 6.45) is 3.94. The van der Waals surface area contributed by atoms with Crippen LogP contribution in [0.15, 0.2) is 0 Å². The monoisotopic (exact) mass is 213 g/mol. The van der Waals surface area contributed by atoms with Crippen LogP contribution < -0.4 is 5.32 Å². The Hall–Kier alpha value is -0.410. The largest absolute Gasteiger partial charge is 0.385 e. The lowest BCUT2D eigenvalue weighted by molar-refractivity contribution is -0.124. The molecule has 0 aromatic heterocycles. The topological polar surface area (TPSA) is 38.3 Å². The molecule has 1 heterocycles. The first-order valence-electron chi connectivity index (χ1n) is 5.96. The Bertz CT molecular complexity index is 188. The molecule has 0 aliphatic carbocycles. The molecular weight excluding hydrogens is 190 g/mol. The first-order valence-corrected chi connectivity index (χ1v) is 5.96. The minimum atomic E-state index is 0.167. The zero-order valence-electron chi connectivity index (χ0n) is 9.92. The molecule has 0 bridgehead atoms. The Balaban J connectivity index is 2.20. The highest BCUT2D eigenvalue weighted by Gasteiger charge is 2.20. The van der Waals surface area contributed by atoms with Gasteiger partial charge in [0, 0.05) is 26.1 Å². The van der Waals surface area contributed by atoms with Crippen LogP contribution in [0.1, 0.15) is 32.6 Å². The van der Waals surface area contributed by atoms with Crippen LogP contribution in [-0.4, -0.2) is 32.6 Å². The highest BCUT2D eigenvalue weighted by atomic mass is 16.5. The molecule has 0 spiro atoms. The van der Waals surface area contributed by atoms with Gasteiger partial charge in [-0.2, -0.15) is 0 Å². The summed E-state index contributed by atoms with van der Waals surface area (Å²) >= 11 is 0. The average Bonchev–Trinajstić information content (AvgIpc) is 2.27. The summed E-state index contributed by atoms with van der Waals surface area (Å²) in [4.78, 5) is 11.8. The molecule has 1 aliphatic rings. The van der Waals surface area contributed by atoms with Gasteiger partial charge in [0.05, 0.1) is 0 Å². The molecule has 0 amide bonds. The third kappa shape index (κ3) is 4.76. The van der Waals surface area contributed by atoms with Gasteiger partial charge in [0.25, 0.3) is 0 Å². The lowest BCUT2D eigenvalue weighted by Crippen LogP contribution is -2.29. The van der Waals surface area contributed by atoms with Crippen molar-refractivity contribution in [3.8, 4) is 0 Å². The number of methoxy groups -OCH3 is 1. The van der Waals surface area contributed by atoms with Gasteiger partial charge in [0.15, 0.2) is 0 Å². The Morgan fingerprint density at radius 3 is 2.73 bits per heavy atom. The average molecular weight is 213 g/mol. The third-order valence-corrected chi connectivity index (χ3v) is 3.25. The number of ketones is 1. The van der Waals surface area contributed by atoms with Gasteiger partial charge in [0.2, 0.25) is 0 Å². The number of hydrogen-bond donors (Lipinski definition) is 1. The van der Waals surface area contributed by atoms with Crippen molar-refractivity contribution in [1.82, 2.24) is 5.32 Å². The van der Waals surface area contributed by atoms with Crippen LogP contribution in [0.4, 0.5) is 0 Å². The van der Waals surface area contributed by atoms with E-state index in [1.165, 1.54) is 0 Å². The summed E-state index contributed by atoms with van der Waals surface area (Å²) in [7, 11) is 1.68. The Morgan fingerprint density at radius 2 is 2.13 bits per heavy atom. The SMILES string of the molecule is COCCC(C)C(=O)CC1CCNCC1. The van der Waals surface area contributed by atoms with Gasteiger partial charge < -0.3 is 10.1 Å². The van der Waals surface area contributed by atoms with Gasteiger partial charge in [-0.15, -0.1) is 0 Å². The first-order chi connectivity index (χ1) is 7.24. The Labute approximate surface area is 92.6 Å². The molecule has 0 saturated carbocycles. The second-order valence-electron chi connectivity index (χ2n) is 4.55. The van der Waals surface area contributed by atoms with E-state index in [1.54, 1.807) is 7.11 Å². The van der Waals surface area contributed by atoms with Crippen LogP contribution in [-0.2, 0) is 9.53 Å². The smallest absolute Gasteiger partial charge is 0.136 e. The van der Waals surface area contributed by atoms with Gasteiger partial charge in [-0.3, -0.25) is 4.79 Å². The molecule has 15 heavy (non-hydrogen) atoms. The summed E-state index contributed by atoms with van der Waals surface area (Å²) in [5.74, 6) is 1.20. The predicted molar refractivity (Wildman–Crippen MR) is 60.9 cm³/mol. The number of hydrogen-bond acceptors (Lipinski definition) is 3. The molecule has 1 N–H and O–H groups in total. The number of piperidine rings is 1. The van der Waals surface area contributed by atoms with E-state index in [4.69, 9.17) is 4.74 Å². The summed E-state index contributed by atoms with van der Waals surface area (Å²) in [6, 6.07) is 0. The van der Waals surface area contributed by atoms with Crippen molar-refractivity contribution in [2.24, 2.45) is 11.8 Å². The van der Waals surface area contributed by atoms with Crippen LogP contribution in [0.5, 0.6) is 0 Å². The van der Waals surface area contributed by atoms with E-state index in [1.807, 2.05) is 6.92 Å². The molecule has 1 saturated heterocycles. The second-order valence-corrected chi connectivity index (χ2v) is 4.55. The van der Waals surface area contributed by atoms with Gasteiger partial charge in [-0.25, -0.2) is 0 Å². The van der Waals surface area contributed by atoms with Crippen molar-refractivity contribution in [1.29, 1.82) is 0 Å². The highest BCUT2D eigenvalue weighted by molar-refractivity contribution is 5.80. The standard InChI is InChI=1S/C12H23NO2/c1-10(5-8-15-2)12(14)9-11-3-6-13-7-4-11/h10-11,13H,3-9H2,1-2H3. The van der Waals surface area contributed by atoms with Crippen LogP contribution in [0.25, 0.3) is 0 Å². The first kappa shape index (κ1) is 12.7. The van der Waals surface area contributed by atoms with Gasteiger partial charge in [-0.1, -0.05) is 6.92 Å². The lowest BCUT2D eigenvalue weighted by Gasteiger charge is -2.23. The molecule has 0 radical (unpaired) electrons. The zero-order chi connectivity index (χ0) is 11.1. The zero-order valence-corrected chi connectivity index (χ0v) is 9.92. The van der Waals surface area contributed by atoms with Crippen LogP contribution in [0.2, 0.25) is 0 Å². The fourth-order valence-corrected chi connectivity index (χ4v) is 2.03. The molecular formula is C12H23NO2. The van der Waals surface area contributed by atoms with E-state index in [0.717, 1.165) is 38.8 Å². The van der Waals surface area contributed by atoms with Crippen molar-refractivity contribution in [3.05, 3.63) is 0 Å². The number of Topliss-reactive ketones (excluding diaryl/α,β-unsaturated/α-hetero) is 1. The summed E-state index contributed by atoms with van der Waals surface area (Å²) in [6.45, 7) is 4.86. The maximum atomic E-state index is 11.8. The van der Waals surface area contributed by atoms with E-state index < -0.39 is 0 Å². The van der Waals surface area contributed by atoms with Crippen LogP contribution >= 0.6 is 0 Å². The third-order valence-electron chi connectivity index (χ3n) is 3.25. The molecule has 1 atom stereocenters. The number of nitrogens with one attached hydrogen (secondary N) is 1. The van der Waals surface area contributed by atoms with E-state index in [2.05, 4.69) is 5.32 Å².